The Bertz CT molecular complexity index is 748. The molecule has 1 amide bonds. The van der Waals surface area contributed by atoms with Crippen LogP contribution in [-0.2, 0) is 4.74 Å². The van der Waals surface area contributed by atoms with Crippen LogP contribution in [0, 0.1) is 5.82 Å². The molecule has 1 aliphatic carbocycles. The van der Waals surface area contributed by atoms with E-state index >= 15 is 0 Å². The van der Waals surface area contributed by atoms with E-state index in [1.54, 1.807) is 6.07 Å². The lowest BCUT2D eigenvalue weighted by atomic mass is 9.89. The number of carbonyl (C=O) groups is 1. The molecule has 2 aromatic carbocycles. The number of hydrogen-bond donors (Lipinski definition) is 1. The Labute approximate surface area is 140 Å². The van der Waals surface area contributed by atoms with Crippen molar-refractivity contribution < 1.29 is 18.7 Å². The second kappa shape index (κ2) is 6.30. The van der Waals surface area contributed by atoms with Crippen LogP contribution in [0.4, 0.5) is 9.18 Å². The first-order valence-electron chi connectivity index (χ1n) is 8.14. The van der Waals surface area contributed by atoms with E-state index in [2.05, 4.69) is 5.32 Å². The Morgan fingerprint density at radius 3 is 2.54 bits per heavy atom. The number of hydrogen-bond acceptors (Lipinski definition) is 3. The summed E-state index contributed by atoms with van der Waals surface area (Å²) < 4.78 is 24.4. The van der Waals surface area contributed by atoms with Crippen LogP contribution in [0.5, 0.6) is 5.75 Å². The van der Waals surface area contributed by atoms with Crippen molar-refractivity contribution in [3.63, 3.8) is 0 Å². The van der Waals surface area contributed by atoms with Crippen molar-refractivity contribution in [2.45, 2.75) is 51.4 Å². The van der Waals surface area contributed by atoms with Gasteiger partial charge in [-0.15, -0.1) is 0 Å². The highest BCUT2D eigenvalue weighted by Crippen LogP contribution is 2.28. The van der Waals surface area contributed by atoms with Gasteiger partial charge in [-0.1, -0.05) is 12.1 Å². The van der Waals surface area contributed by atoms with Crippen molar-refractivity contribution >= 4 is 16.9 Å². The van der Waals surface area contributed by atoms with Crippen molar-refractivity contribution in [2.24, 2.45) is 0 Å². The molecule has 0 atom stereocenters. The highest BCUT2D eigenvalue weighted by atomic mass is 19.1. The molecule has 0 aromatic heterocycles. The first-order valence-corrected chi connectivity index (χ1v) is 8.14. The minimum Gasteiger partial charge on any atom is -0.490 e. The number of benzene rings is 2. The quantitative estimate of drug-likeness (QED) is 0.906. The third kappa shape index (κ3) is 4.16. The fourth-order valence-corrected chi connectivity index (χ4v) is 2.72. The molecule has 0 spiro atoms. The zero-order chi connectivity index (χ0) is 17.3. The van der Waals surface area contributed by atoms with Crippen LogP contribution in [0.25, 0.3) is 10.8 Å². The van der Waals surface area contributed by atoms with Gasteiger partial charge in [0.1, 0.15) is 23.3 Å². The number of carbonyl (C=O) groups excluding carboxylic acids is 1. The molecule has 0 heterocycles. The Balaban J connectivity index is 1.51. The number of alkyl carbamates (subject to hydrolysis) is 1. The van der Waals surface area contributed by atoms with Crippen molar-refractivity contribution in [2.75, 3.05) is 0 Å². The van der Waals surface area contributed by atoms with Gasteiger partial charge in [0.2, 0.25) is 0 Å². The molecule has 0 unspecified atom stereocenters. The molecule has 4 nitrogen and oxygen atoms in total. The average Bonchev–Trinajstić information content (AvgIpc) is 2.42. The lowest BCUT2D eigenvalue weighted by Crippen LogP contribution is -2.50. The largest absolute Gasteiger partial charge is 0.490 e. The smallest absolute Gasteiger partial charge is 0.407 e. The van der Waals surface area contributed by atoms with Crippen LogP contribution in [0.2, 0.25) is 0 Å². The standard InChI is InChI=1S/C19H22FNO3/c1-19(2,3)24-18(22)21-15-10-17(11-15)23-16-7-5-12-4-6-14(20)8-13(12)9-16/h4-9,15,17H,10-11H2,1-3H3,(H,21,22). The predicted octanol–water partition coefficient (Wildman–Crippen LogP) is 4.41. The molecule has 0 saturated heterocycles. The normalized spacial score (nSPS) is 20.3. The average molecular weight is 331 g/mol. The molecule has 1 N–H and O–H groups in total. The predicted molar refractivity (Wildman–Crippen MR) is 90.7 cm³/mol. The summed E-state index contributed by atoms with van der Waals surface area (Å²) in [6.45, 7) is 5.51. The maximum atomic E-state index is 13.3. The van der Waals surface area contributed by atoms with E-state index in [9.17, 15) is 9.18 Å². The second-order valence-corrected chi connectivity index (χ2v) is 7.21. The third-order valence-electron chi connectivity index (χ3n) is 3.89. The Kier molecular flexibility index (Phi) is 4.35. The van der Waals surface area contributed by atoms with E-state index in [4.69, 9.17) is 9.47 Å². The summed E-state index contributed by atoms with van der Waals surface area (Å²) in [6.07, 6.45) is 1.13. The molecular formula is C19H22FNO3. The van der Waals surface area contributed by atoms with Gasteiger partial charge >= 0.3 is 6.09 Å². The van der Waals surface area contributed by atoms with Gasteiger partial charge in [-0.05, 0) is 55.8 Å². The molecule has 2 aromatic rings. The summed E-state index contributed by atoms with van der Waals surface area (Å²) in [5.41, 5.74) is -0.496. The number of nitrogens with one attached hydrogen (secondary N) is 1. The molecule has 3 rings (SSSR count). The molecule has 0 aliphatic heterocycles. The van der Waals surface area contributed by atoms with Crippen LogP contribution in [-0.4, -0.2) is 23.8 Å². The van der Waals surface area contributed by atoms with Gasteiger partial charge in [0.25, 0.3) is 0 Å². The van der Waals surface area contributed by atoms with E-state index in [1.807, 2.05) is 39.0 Å². The van der Waals surface area contributed by atoms with Gasteiger partial charge < -0.3 is 14.8 Å². The molecule has 0 bridgehead atoms. The van der Waals surface area contributed by atoms with E-state index < -0.39 is 11.7 Å². The van der Waals surface area contributed by atoms with Gasteiger partial charge in [0.15, 0.2) is 0 Å². The molecular weight excluding hydrogens is 309 g/mol. The van der Waals surface area contributed by atoms with E-state index in [0.29, 0.717) is 5.75 Å². The van der Waals surface area contributed by atoms with Gasteiger partial charge in [-0.3, -0.25) is 0 Å². The topological polar surface area (TPSA) is 47.6 Å². The summed E-state index contributed by atoms with van der Waals surface area (Å²) in [5.74, 6) is 0.457. The fourth-order valence-electron chi connectivity index (χ4n) is 2.72. The number of ether oxygens (including phenoxy) is 2. The lowest BCUT2D eigenvalue weighted by molar-refractivity contribution is 0.0363. The maximum absolute atomic E-state index is 13.3. The zero-order valence-corrected chi connectivity index (χ0v) is 14.1. The van der Waals surface area contributed by atoms with E-state index in [0.717, 1.165) is 23.6 Å². The molecule has 24 heavy (non-hydrogen) atoms. The van der Waals surface area contributed by atoms with Gasteiger partial charge in [-0.25, -0.2) is 9.18 Å². The summed E-state index contributed by atoms with van der Waals surface area (Å²) in [6, 6.07) is 10.4. The van der Waals surface area contributed by atoms with E-state index in [1.165, 1.54) is 12.1 Å². The minimum atomic E-state index is -0.496. The molecule has 5 heteroatoms. The van der Waals surface area contributed by atoms with Gasteiger partial charge in [0.05, 0.1) is 0 Å². The Morgan fingerprint density at radius 2 is 1.83 bits per heavy atom. The van der Waals surface area contributed by atoms with Crippen LogP contribution in [0.15, 0.2) is 36.4 Å². The van der Waals surface area contributed by atoms with Gasteiger partial charge in [-0.2, -0.15) is 0 Å². The summed E-state index contributed by atoms with van der Waals surface area (Å²) in [5, 5.41) is 4.62. The zero-order valence-electron chi connectivity index (χ0n) is 14.1. The van der Waals surface area contributed by atoms with Crippen molar-refractivity contribution in [3.05, 3.63) is 42.2 Å². The first kappa shape index (κ1) is 16.6. The van der Waals surface area contributed by atoms with Crippen molar-refractivity contribution in [1.82, 2.24) is 5.32 Å². The van der Waals surface area contributed by atoms with Gasteiger partial charge in [0, 0.05) is 18.9 Å². The highest BCUT2D eigenvalue weighted by Gasteiger charge is 2.33. The Hall–Kier alpha value is -2.30. The Morgan fingerprint density at radius 1 is 1.12 bits per heavy atom. The monoisotopic (exact) mass is 331 g/mol. The lowest BCUT2D eigenvalue weighted by Gasteiger charge is -2.36. The number of rotatable bonds is 3. The van der Waals surface area contributed by atoms with Crippen molar-refractivity contribution in [3.8, 4) is 5.75 Å². The minimum absolute atomic E-state index is 0.0518. The molecule has 1 saturated carbocycles. The van der Waals surface area contributed by atoms with Crippen LogP contribution in [0.1, 0.15) is 33.6 Å². The molecule has 1 fully saturated rings. The highest BCUT2D eigenvalue weighted by molar-refractivity contribution is 5.83. The SMILES string of the molecule is CC(C)(C)OC(=O)NC1CC(Oc2ccc3ccc(F)cc3c2)C1. The summed E-state index contributed by atoms with van der Waals surface area (Å²) in [4.78, 5) is 11.7. The maximum Gasteiger partial charge on any atom is 0.407 e. The van der Waals surface area contributed by atoms with Crippen LogP contribution < -0.4 is 10.1 Å². The van der Waals surface area contributed by atoms with Crippen LogP contribution in [0.3, 0.4) is 0 Å². The number of halogens is 1. The first-order chi connectivity index (χ1) is 11.3. The summed E-state index contributed by atoms with van der Waals surface area (Å²) in [7, 11) is 0. The molecule has 1 aliphatic rings. The number of amides is 1. The van der Waals surface area contributed by atoms with E-state index in [-0.39, 0.29) is 18.0 Å². The molecule has 0 radical (unpaired) electrons. The van der Waals surface area contributed by atoms with Crippen molar-refractivity contribution in [1.29, 1.82) is 0 Å². The number of fused-ring (bicyclic) bond motifs is 1. The summed E-state index contributed by atoms with van der Waals surface area (Å²) >= 11 is 0. The second-order valence-electron chi connectivity index (χ2n) is 7.21. The third-order valence-corrected chi connectivity index (χ3v) is 3.89. The molecule has 128 valence electrons. The van der Waals surface area contributed by atoms with Crippen LogP contribution >= 0.6 is 0 Å². The fraction of sp³-hybridized carbons (Fsp3) is 0.421.